The Morgan fingerprint density at radius 1 is 0.861 bits per heavy atom. The van der Waals surface area contributed by atoms with Crippen molar-refractivity contribution in [3.63, 3.8) is 0 Å². The third-order valence-electron chi connectivity index (χ3n) is 6.76. The number of nitrogens with zero attached hydrogens (tertiary/aromatic N) is 5. The van der Waals surface area contributed by atoms with Crippen molar-refractivity contribution in [1.29, 1.82) is 0 Å². The monoisotopic (exact) mass is 478 g/mol. The summed E-state index contributed by atoms with van der Waals surface area (Å²) in [6.07, 6.45) is 0. The minimum absolute atomic E-state index is 0.117. The van der Waals surface area contributed by atoms with Gasteiger partial charge in [-0.1, -0.05) is 72.3 Å². The molecule has 1 aliphatic heterocycles. The van der Waals surface area contributed by atoms with Crippen molar-refractivity contribution in [2.75, 3.05) is 0 Å². The fourth-order valence-electron chi connectivity index (χ4n) is 4.96. The largest absolute Gasteiger partial charge is 0.325 e. The van der Waals surface area contributed by atoms with Gasteiger partial charge >= 0.3 is 6.03 Å². The van der Waals surface area contributed by atoms with Gasteiger partial charge in [0.2, 0.25) is 5.78 Å². The van der Waals surface area contributed by atoms with E-state index in [0.717, 1.165) is 10.5 Å². The van der Waals surface area contributed by atoms with E-state index >= 15 is 0 Å². The number of nitrogens with one attached hydrogen (secondary N) is 1. The Kier molecular flexibility index (Phi) is 4.75. The Morgan fingerprint density at radius 2 is 1.50 bits per heavy atom. The molecule has 3 aromatic carbocycles. The Balaban J connectivity index is 1.50. The molecule has 9 heteroatoms. The average molecular weight is 479 g/mol. The molecule has 5 aromatic rings. The number of fused-ring (bicyclic) bond motifs is 3. The molecule has 0 aliphatic carbocycles. The van der Waals surface area contributed by atoms with Gasteiger partial charge in [0.15, 0.2) is 11.4 Å². The van der Waals surface area contributed by atoms with E-state index in [0.29, 0.717) is 33.6 Å². The standard InChI is InChI=1S/C27H22N6O3/c1-17-13-14-21-20(15-17)23(34)31(2)25-30-29-22(33(21)25)16-32-24(35)27(28-26(32)36,18-9-5-3-6-10-18)19-11-7-4-8-12-19/h3-15H,16H2,1-2H3,(H,28,36). The fourth-order valence-corrected chi connectivity index (χ4v) is 4.96. The van der Waals surface area contributed by atoms with Crippen LogP contribution in [0.3, 0.4) is 0 Å². The summed E-state index contributed by atoms with van der Waals surface area (Å²) in [6.45, 7) is 1.80. The van der Waals surface area contributed by atoms with E-state index in [1.807, 2.05) is 85.8 Å². The molecule has 0 bridgehead atoms. The number of amides is 3. The lowest BCUT2D eigenvalue weighted by Gasteiger charge is -2.28. The van der Waals surface area contributed by atoms with Gasteiger partial charge in [-0.05, 0) is 30.2 Å². The maximum atomic E-state index is 14.1. The van der Waals surface area contributed by atoms with E-state index in [1.54, 1.807) is 11.4 Å². The molecule has 0 unspecified atom stereocenters. The Hall–Kier alpha value is -4.79. The quantitative estimate of drug-likeness (QED) is 0.400. The van der Waals surface area contributed by atoms with Crippen LogP contribution >= 0.6 is 0 Å². The molecule has 9 nitrogen and oxygen atoms in total. The maximum Gasteiger partial charge on any atom is 0.325 e. The van der Waals surface area contributed by atoms with Crippen LogP contribution in [0.15, 0.2) is 83.7 Å². The van der Waals surface area contributed by atoms with Gasteiger partial charge in [-0.3, -0.25) is 23.5 Å². The van der Waals surface area contributed by atoms with Crippen LogP contribution in [0.1, 0.15) is 22.5 Å². The van der Waals surface area contributed by atoms with Crippen LogP contribution in [-0.2, 0) is 23.9 Å². The number of aromatic nitrogens is 4. The third-order valence-corrected chi connectivity index (χ3v) is 6.76. The number of carbonyl (C=O) groups excluding carboxylic acids is 2. The van der Waals surface area contributed by atoms with Gasteiger partial charge in [-0.2, -0.15) is 0 Å². The SMILES string of the molecule is Cc1ccc2c(c1)c(=O)n(C)c1nnc(CN3C(=O)NC(c4ccccc4)(c4ccccc4)C3=O)n21. The van der Waals surface area contributed by atoms with Crippen molar-refractivity contribution in [2.24, 2.45) is 7.05 Å². The molecule has 0 saturated carbocycles. The second-order valence-electron chi connectivity index (χ2n) is 8.94. The summed E-state index contributed by atoms with van der Waals surface area (Å²) < 4.78 is 3.14. The van der Waals surface area contributed by atoms with Gasteiger partial charge in [0.05, 0.1) is 17.4 Å². The Morgan fingerprint density at radius 3 is 2.14 bits per heavy atom. The van der Waals surface area contributed by atoms with E-state index < -0.39 is 17.5 Å². The average Bonchev–Trinajstić information content (AvgIpc) is 3.43. The fraction of sp³-hybridized carbons (Fsp3) is 0.148. The molecule has 1 fully saturated rings. The molecule has 0 spiro atoms. The van der Waals surface area contributed by atoms with Crippen molar-refractivity contribution in [2.45, 2.75) is 19.0 Å². The third kappa shape index (κ3) is 2.99. The van der Waals surface area contributed by atoms with Gasteiger partial charge in [-0.15, -0.1) is 10.2 Å². The van der Waals surface area contributed by atoms with Crippen molar-refractivity contribution >= 4 is 28.6 Å². The lowest BCUT2D eigenvalue weighted by atomic mass is 9.82. The van der Waals surface area contributed by atoms with Crippen molar-refractivity contribution in [3.05, 3.63) is 112 Å². The zero-order chi connectivity index (χ0) is 25.0. The molecule has 1 saturated heterocycles. The number of hydrogen-bond donors (Lipinski definition) is 1. The van der Waals surface area contributed by atoms with E-state index in [-0.39, 0.29) is 12.1 Å². The second-order valence-corrected chi connectivity index (χ2v) is 8.94. The minimum atomic E-state index is -1.37. The first kappa shape index (κ1) is 21.7. The van der Waals surface area contributed by atoms with Crippen LogP contribution in [0.4, 0.5) is 4.79 Å². The summed E-state index contributed by atoms with van der Waals surface area (Å²) in [7, 11) is 1.63. The summed E-state index contributed by atoms with van der Waals surface area (Å²) in [5, 5.41) is 11.9. The number of benzene rings is 3. The molecule has 6 rings (SSSR count). The molecule has 178 valence electrons. The first-order chi connectivity index (χ1) is 17.4. The van der Waals surface area contributed by atoms with Crippen LogP contribution in [0, 0.1) is 6.92 Å². The molecule has 36 heavy (non-hydrogen) atoms. The van der Waals surface area contributed by atoms with Crippen LogP contribution in [0.5, 0.6) is 0 Å². The number of rotatable bonds is 4. The van der Waals surface area contributed by atoms with Gasteiger partial charge in [0.1, 0.15) is 0 Å². The normalized spacial score (nSPS) is 15.1. The highest BCUT2D eigenvalue weighted by molar-refractivity contribution is 6.09. The predicted molar refractivity (Wildman–Crippen MR) is 133 cm³/mol. The van der Waals surface area contributed by atoms with Crippen LogP contribution in [0.2, 0.25) is 0 Å². The zero-order valence-corrected chi connectivity index (χ0v) is 19.7. The minimum Gasteiger partial charge on any atom is -0.315 e. The second kappa shape index (κ2) is 7.88. The van der Waals surface area contributed by atoms with Crippen LogP contribution in [0.25, 0.3) is 16.7 Å². The molecule has 3 heterocycles. The van der Waals surface area contributed by atoms with Crippen LogP contribution in [-0.4, -0.2) is 36.0 Å². The van der Waals surface area contributed by atoms with Crippen molar-refractivity contribution < 1.29 is 9.59 Å². The number of urea groups is 1. The topological polar surface area (TPSA) is 102 Å². The van der Waals surface area contributed by atoms with Crippen LogP contribution < -0.4 is 10.9 Å². The number of imide groups is 1. The summed E-state index contributed by atoms with van der Waals surface area (Å²) in [5.74, 6) is 0.289. The molecule has 0 radical (unpaired) electrons. The lowest BCUT2D eigenvalue weighted by molar-refractivity contribution is -0.130. The molecular formula is C27H22N6O3. The highest BCUT2D eigenvalue weighted by atomic mass is 16.2. The Bertz CT molecular complexity index is 1680. The number of aryl methyl sites for hydroxylation is 2. The number of carbonyl (C=O) groups is 2. The smallest absolute Gasteiger partial charge is 0.315 e. The molecule has 2 aromatic heterocycles. The van der Waals surface area contributed by atoms with Gasteiger partial charge in [-0.25, -0.2) is 4.79 Å². The van der Waals surface area contributed by atoms with Gasteiger partial charge in [0.25, 0.3) is 11.5 Å². The summed E-state index contributed by atoms with van der Waals surface area (Å²) in [4.78, 5) is 41.4. The molecule has 0 atom stereocenters. The zero-order valence-electron chi connectivity index (χ0n) is 19.7. The molecule has 3 amide bonds. The highest BCUT2D eigenvalue weighted by Crippen LogP contribution is 2.36. The highest BCUT2D eigenvalue weighted by Gasteiger charge is 2.53. The predicted octanol–water partition coefficient (Wildman–Crippen LogP) is 2.89. The van der Waals surface area contributed by atoms with Gasteiger partial charge in [0, 0.05) is 7.05 Å². The maximum absolute atomic E-state index is 14.1. The first-order valence-corrected chi connectivity index (χ1v) is 11.5. The van der Waals surface area contributed by atoms with E-state index in [2.05, 4.69) is 15.5 Å². The summed E-state index contributed by atoms with van der Waals surface area (Å²) in [6, 6.07) is 23.4. The molecular weight excluding hydrogens is 456 g/mol. The van der Waals surface area contributed by atoms with Crippen molar-refractivity contribution in [3.8, 4) is 0 Å². The van der Waals surface area contributed by atoms with E-state index in [9.17, 15) is 14.4 Å². The first-order valence-electron chi connectivity index (χ1n) is 11.5. The van der Waals surface area contributed by atoms with E-state index in [1.165, 1.54) is 4.57 Å². The molecule has 1 N–H and O–H groups in total. The summed E-state index contributed by atoms with van der Waals surface area (Å²) >= 11 is 0. The van der Waals surface area contributed by atoms with Crippen molar-refractivity contribution in [1.82, 2.24) is 29.4 Å². The Labute approximate surface area is 205 Å². The molecule has 1 aliphatic rings. The number of hydrogen-bond acceptors (Lipinski definition) is 5. The van der Waals surface area contributed by atoms with E-state index in [4.69, 9.17) is 0 Å². The van der Waals surface area contributed by atoms with Gasteiger partial charge < -0.3 is 5.32 Å². The summed E-state index contributed by atoms with van der Waals surface area (Å²) in [5.41, 5.74) is 1.31. The lowest BCUT2D eigenvalue weighted by Crippen LogP contribution is -2.45.